The highest BCUT2D eigenvalue weighted by molar-refractivity contribution is 5.97. The minimum Gasteiger partial charge on any atom is -0.391 e. The fourth-order valence-electron chi connectivity index (χ4n) is 3.56. The number of aliphatic hydroxyl groups excluding tert-OH is 1. The molecule has 1 aromatic heterocycles. The summed E-state index contributed by atoms with van der Waals surface area (Å²) in [7, 11) is 0. The maximum Gasteiger partial charge on any atom is 0.246 e. The van der Waals surface area contributed by atoms with Gasteiger partial charge in [0.2, 0.25) is 11.9 Å². The van der Waals surface area contributed by atoms with Crippen LogP contribution in [0.15, 0.2) is 42.6 Å². The van der Waals surface area contributed by atoms with E-state index in [4.69, 9.17) is 0 Å². The predicted molar refractivity (Wildman–Crippen MR) is 100 cm³/mol. The van der Waals surface area contributed by atoms with Crippen molar-refractivity contribution in [3.63, 3.8) is 0 Å². The molecule has 7 heteroatoms. The van der Waals surface area contributed by atoms with Gasteiger partial charge < -0.3 is 19.8 Å². The molecule has 26 heavy (non-hydrogen) atoms. The number of aromatic nitrogens is 2. The number of rotatable bonds is 3. The zero-order valence-electron chi connectivity index (χ0n) is 14.7. The Morgan fingerprint density at radius 2 is 1.88 bits per heavy atom. The van der Waals surface area contributed by atoms with Crippen LogP contribution in [0.4, 0.5) is 17.5 Å². The van der Waals surface area contributed by atoms with Crippen LogP contribution in [0, 0.1) is 0 Å². The van der Waals surface area contributed by atoms with E-state index in [1.165, 1.54) is 0 Å². The maximum atomic E-state index is 12.6. The summed E-state index contributed by atoms with van der Waals surface area (Å²) in [6.07, 6.45) is 3.21. The van der Waals surface area contributed by atoms with Crippen molar-refractivity contribution in [3.05, 3.63) is 42.6 Å². The van der Waals surface area contributed by atoms with E-state index in [9.17, 15) is 9.90 Å². The first-order valence-corrected chi connectivity index (χ1v) is 9.07. The third-order valence-electron chi connectivity index (χ3n) is 4.92. The Balaban J connectivity index is 1.47. The van der Waals surface area contributed by atoms with Gasteiger partial charge in [-0.15, -0.1) is 0 Å². The molecule has 1 amide bonds. The van der Waals surface area contributed by atoms with E-state index >= 15 is 0 Å². The molecule has 2 aliphatic heterocycles. The molecule has 4 rings (SSSR count). The van der Waals surface area contributed by atoms with Crippen molar-refractivity contribution in [2.45, 2.75) is 18.9 Å². The molecule has 2 saturated heterocycles. The lowest BCUT2D eigenvalue weighted by Gasteiger charge is -2.35. The number of benzene rings is 1. The van der Waals surface area contributed by atoms with Gasteiger partial charge in [-0.05, 0) is 31.0 Å². The fraction of sp³-hybridized carbons (Fsp3) is 0.421. The predicted octanol–water partition coefficient (Wildman–Crippen LogP) is 1.29. The molecule has 0 aliphatic carbocycles. The lowest BCUT2D eigenvalue weighted by atomic mass is 10.1. The average molecular weight is 353 g/mol. The lowest BCUT2D eigenvalue weighted by molar-refractivity contribution is -0.117. The number of aliphatic hydroxyl groups is 1. The number of nitrogens with zero attached hydrogens (tertiary/aromatic N) is 5. The van der Waals surface area contributed by atoms with Crippen molar-refractivity contribution in [2.24, 2.45) is 0 Å². The molecule has 1 atom stereocenters. The Hall–Kier alpha value is -2.67. The van der Waals surface area contributed by atoms with E-state index < -0.39 is 0 Å². The van der Waals surface area contributed by atoms with Gasteiger partial charge in [0.25, 0.3) is 0 Å². The summed E-state index contributed by atoms with van der Waals surface area (Å²) in [5.74, 6) is 1.43. The Labute approximate surface area is 152 Å². The summed E-state index contributed by atoms with van der Waals surface area (Å²) in [6, 6.07) is 11.6. The molecule has 1 unspecified atom stereocenters. The summed E-state index contributed by atoms with van der Waals surface area (Å²) in [4.78, 5) is 27.4. The minimum atomic E-state index is -0.307. The molecule has 2 aliphatic rings. The number of para-hydroxylation sites is 1. The van der Waals surface area contributed by atoms with E-state index in [1.807, 2.05) is 41.3 Å². The molecule has 7 nitrogen and oxygen atoms in total. The molecule has 3 heterocycles. The van der Waals surface area contributed by atoms with Gasteiger partial charge in [0.05, 0.1) is 6.10 Å². The number of hydrogen-bond donors (Lipinski definition) is 1. The molecule has 0 radical (unpaired) electrons. The molecule has 0 saturated carbocycles. The zero-order valence-corrected chi connectivity index (χ0v) is 14.7. The van der Waals surface area contributed by atoms with Crippen molar-refractivity contribution in [3.8, 4) is 0 Å². The van der Waals surface area contributed by atoms with Crippen molar-refractivity contribution in [2.75, 3.05) is 47.4 Å². The van der Waals surface area contributed by atoms with Crippen LogP contribution >= 0.6 is 0 Å². The second-order valence-electron chi connectivity index (χ2n) is 6.76. The van der Waals surface area contributed by atoms with E-state index in [1.54, 1.807) is 11.1 Å². The van der Waals surface area contributed by atoms with Crippen LogP contribution in [0.25, 0.3) is 0 Å². The number of piperazine rings is 1. The van der Waals surface area contributed by atoms with Crippen molar-refractivity contribution >= 4 is 23.4 Å². The van der Waals surface area contributed by atoms with Crippen LogP contribution < -0.4 is 14.7 Å². The van der Waals surface area contributed by atoms with E-state index in [0.29, 0.717) is 25.6 Å². The zero-order chi connectivity index (χ0) is 17.9. The molecule has 2 fully saturated rings. The Morgan fingerprint density at radius 1 is 1.04 bits per heavy atom. The smallest absolute Gasteiger partial charge is 0.246 e. The number of carbonyl (C=O) groups excluding carboxylic acids is 1. The minimum absolute atomic E-state index is 0.0462. The van der Waals surface area contributed by atoms with Crippen LogP contribution in [0.3, 0.4) is 0 Å². The number of hydrogen-bond acceptors (Lipinski definition) is 6. The van der Waals surface area contributed by atoms with Crippen LogP contribution in [-0.2, 0) is 4.79 Å². The second-order valence-corrected chi connectivity index (χ2v) is 6.76. The van der Waals surface area contributed by atoms with E-state index in [0.717, 1.165) is 30.9 Å². The van der Waals surface area contributed by atoms with Gasteiger partial charge in [-0.2, -0.15) is 4.98 Å². The Kier molecular flexibility index (Phi) is 4.71. The largest absolute Gasteiger partial charge is 0.391 e. The van der Waals surface area contributed by atoms with Crippen LogP contribution in [0.1, 0.15) is 12.8 Å². The van der Waals surface area contributed by atoms with Gasteiger partial charge in [0.15, 0.2) is 0 Å². The molecule has 0 bridgehead atoms. The van der Waals surface area contributed by atoms with Crippen LogP contribution in [-0.4, -0.2) is 59.8 Å². The SMILES string of the molecule is O=C1CN(c2nccc(N3CCCC(O)C3)n2)CCN1c1ccccc1. The fourth-order valence-corrected chi connectivity index (χ4v) is 3.56. The number of piperidine rings is 1. The highest BCUT2D eigenvalue weighted by Gasteiger charge is 2.27. The Bertz CT molecular complexity index is 770. The highest BCUT2D eigenvalue weighted by Crippen LogP contribution is 2.22. The van der Waals surface area contributed by atoms with E-state index in [2.05, 4.69) is 14.9 Å². The highest BCUT2D eigenvalue weighted by atomic mass is 16.3. The first kappa shape index (κ1) is 16.8. The van der Waals surface area contributed by atoms with Gasteiger partial charge in [0, 0.05) is 38.1 Å². The molecular weight excluding hydrogens is 330 g/mol. The molecule has 1 aromatic carbocycles. The molecule has 2 aromatic rings. The summed E-state index contributed by atoms with van der Waals surface area (Å²) >= 11 is 0. The number of carbonyl (C=O) groups is 1. The van der Waals surface area contributed by atoms with Crippen LogP contribution in [0.5, 0.6) is 0 Å². The van der Waals surface area contributed by atoms with Crippen LogP contribution in [0.2, 0.25) is 0 Å². The van der Waals surface area contributed by atoms with Gasteiger partial charge in [0.1, 0.15) is 12.4 Å². The van der Waals surface area contributed by atoms with Crippen molar-refractivity contribution in [1.29, 1.82) is 0 Å². The number of β-amino-alcohol motifs (C(OH)–C–C–N with tert-alkyl or cyclic N) is 1. The summed E-state index contributed by atoms with van der Waals surface area (Å²) in [5, 5.41) is 9.89. The maximum absolute atomic E-state index is 12.6. The van der Waals surface area contributed by atoms with Gasteiger partial charge >= 0.3 is 0 Å². The van der Waals surface area contributed by atoms with Crippen molar-refractivity contribution in [1.82, 2.24) is 9.97 Å². The molecule has 136 valence electrons. The first-order chi connectivity index (χ1) is 12.7. The summed E-state index contributed by atoms with van der Waals surface area (Å²) in [6.45, 7) is 3.04. The summed E-state index contributed by atoms with van der Waals surface area (Å²) in [5.41, 5.74) is 0.925. The first-order valence-electron chi connectivity index (χ1n) is 9.07. The van der Waals surface area contributed by atoms with Gasteiger partial charge in [-0.1, -0.05) is 18.2 Å². The Morgan fingerprint density at radius 3 is 2.65 bits per heavy atom. The lowest BCUT2D eigenvalue weighted by Crippen LogP contribution is -2.51. The van der Waals surface area contributed by atoms with Gasteiger partial charge in [-0.25, -0.2) is 4.98 Å². The third-order valence-corrected chi connectivity index (χ3v) is 4.92. The molecule has 1 N–H and O–H groups in total. The topological polar surface area (TPSA) is 72.8 Å². The van der Waals surface area contributed by atoms with E-state index in [-0.39, 0.29) is 18.6 Å². The van der Waals surface area contributed by atoms with Gasteiger partial charge in [-0.3, -0.25) is 4.79 Å². The molecule has 0 spiro atoms. The monoisotopic (exact) mass is 353 g/mol. The quantitative estimate of drug-likeness (QED) is 0.896. The standard InChI is InChI=1S/C19H23N5O2/c25-16-7-4-10-22(13-16)17-8-9-20-19(21-17)23-11-12-24(18(26)14-23)15-5-2-1-3-6-15/h1-3,5-6,8-9,16,25H,4,7,10-14H2. The number of anilines is 3. The molecular formula is C19H23N5O2. The normalized spacial score (nSPS) is 21.2. The summed E-state index contributed by atoms with van der Waals surface area (Å²) < 4.78 is 0. The third kappa shape index (κ3) is 3.48. The second kappa shape index (κ2) is 7.29. The number of amides is 1. The average Bonchev–Trinajstić information content (AvgIpc) is 2.69. The van der Waals surface area contributed by atoms with Crippen molar-refractivity contribution < 1.29 is 9.90 Å².